The molecular formula is C10H12ClNSi. The summed E-state index contributed by atoms with van der Waals surface area (Å²) in [7, 11) is -1.31. The summed E-state index contributed by atoms with van der Waals surface area (Å²) in [5, 5.41) is 0.681. The number of halogens is 1. The molecule has 0 radical (unpaired) electrons. The SMILES string of the molecule is C[Si](C)(C)C#Cc1cnccc1Cl. The van der Waals surface area contributed by atoms with Crippen molar-refractivity contribution < 1.29 is 0 Å². The Labute approximate surface area is 85.2 Å². The van der Waals surface area contributed by atoms with Crippen molar-refractivity contribution >= 4 is 19.7 Å². The summed E-state index contributed by atoms with van der Waals surface area (Å²) in [6.07, 6.45) is 3.37. The van der Waals surface area contributed by atoms with Gasteiger partial charge in [-0.15, -0.1) is 5.54 Å². The Morgan fingerprint density at radius 2 is 2.08 bits per heavy atom. The molecule has 1 nitrogen and oxygen atoms in total. The smallest absolute Gasteiger partial charge is 0.129 e. The zero-order valence-electron chi connectivity index (χ0n) is 8.06. The van der Waals surface area contributed by atoms with Crippen molar-refractivity contribution in [3.05, 3.63) is 29.0 Å². The molecule has 0 aromatic carbocycles. The second kappa shape index (κ2) is 3.95. The molecule has 1 aromatic rings. The minimum atomic E-state index is -1.31. The molecule has 1 rings (SSSR count). The second-order valence-electron chi connectivity index (χ2n) is 3.86. The van der Waals surface area contributed by atoms with E-state index >= 15 is 0 Å². The largest absolute Gasteiger partial charge is 0.263 e. The summed E-state index contributed by atoms with van der Waals surface area (Å²) >= 11 is 5.93. The standard InChI is InChI=1S/C10H12ClNSi/c1-13(2,3)7-5-9-8-12-6-4-10(9)11/h4,6,8H,1-3H3. The highest BCUT2D eigenvalue weighted by atomic mass is 35.5. The number of hydrogen-bond acceptors (Lipinski definition) is 1. The number of rotatable bonds is 0. The Kier molecular flexibility index (Phi) is 3.13. The first-order valence-corrected chi connectivity index (χ1v) is 7.99. The van der Waals surface area contributed by atoms with Crippen LogP contribution < -0.4 is 0 Å². The van der Waals surface area contributed by atoms with Crippen LogP contribution in [0.25, 0.3) is 0 Å². The van der Waals surface area contributed by atoms with E-state index in [2.05, 4.69) is 36.1 Å². The Hall–Kier alpha value is -0.783. The lowest BCUT2D eigenvalue weighted by molar-refractivity contribution is 1.31. The molecule has 0 N–H and O–H groups in total. The van der Waals surface area contributed by atoms with Gasteiger partial charge >= 0.3 is 0 Å². The first-order valence-electron chi connectivity index (χ1n) is 4.12. The van der Waals surface area contributed by atoms with Gasteiger partial charge in [0.25, 0.3) is 0 Å². The number of hydrogen-bond donors (Lipinski definition) is 0. The third-order valence-electron chi connectivity index (χ3n) is 1.34. The van der Waals surface area contributed by atoms with Gasteiger partial charge in [-0.3, -0.25) is 4.98 Å². The highest BCUT2D eigenvalue weighted by molar-refractivity contribution is 6.83. The Morgan fingerprint density at radius 1 is 1.38 bits per heavy atom. The van der Waals surface area contributed by atoms with Crippen molar-refractivity contribution in [1.82, 2.24) is 4.98 Å². The Bertz CT molecular complexity index is 357. The van der Waals surface area contributed by atoms with Crippen molar-refractivity contribution in [2.45, 2.75) is 19.6 Å². The van der Waals surface area contributed by atoms with Gasteiger partial charge in [-0.1, -0.05) is 37.2 Å². The van der Waals surface area contributed by atoms with E-state index < -0.39 is 8.07 Å². The molecule has 1 heterocycles. The second-order valence-corrected chi connectivity index (χ2v) is 9.01. The maximum absolute atomic E-state index is 5.93. The van der Waals surface area contributed by atoms with Gasteiger partial charge in [-0.25, -0.2) is 0 Å². The van der Waals surface area contributed by atoms with Crippen LogP contribution in [0.5, 0.6) is 0 Å². The lowest BCUT2D eigenvalue weighted by Crippen LogP contribution is -2.16. The summed E-state index contributed by atoms with van der Waals surface area (Å²) in [5.74, 6) is 3.07. The quantitative estimate of drug-likeness (QED) is 0.473. The third kappa shape index (κ3) is 3.62. The van der Waals surface area contributed by atoms with Gasteiger partial charge in [0.05, 0.1) is 10.6 Å². The molecule has 0 aliphatic heterocycles. The topological polar surface area (TPSA) is 12.9 Å². The van der Waals surface area contributed by atoms with Crippen LogP contribution in [0.15, 0.2) is 18.5 Å². The third-order valence-corrected chi connectivity index (χ3v) is 2.54. The molecule has 1 aromatic heterocycles. The molecule has 0 unspecified atom stereocenters. The summed E-state index contributed by atoms with van der Waals surface area (Å²) in [5.41, 5.74) is 4.07. The van der Waals surface area contributed by atoms with Crippen molar-refractivity contribution in [2.24, 2.45) is 0 Å². The zero-order valence-corrected chi connectivity index (χ0v) is 9.81. The van der Waals surface area contributed by atoms with E-state index in [4.69, 9.17) is 11.6 Å². The lowest BCUT2D eigenvalue weighted by Gasteiger charge is -2.03. The van der Waals surface area contributed by atoms with Gasteiger partial charge in [0.1, 0.15) is 8.07 Å². The maximum Gasteiger partial charge on any atom is 0.129 e. The molecule has 0 fully saturated rings. The molecular weight excluding hydrogens is 198 g/mol. The molecule has 0 bridgehead atoms. The monoisotopic (exact) mass is 209 g/mol. The first kappa shape index (κ1) is 10.3. The molecule has 0 saturated heterocycles. The predicted molar refractivity (Wildman–Crippen MR) is 59.5 cm³/mol. The Balaban J connectivity index is 2.97. The molecule has 13 heavy (non-hydrogen) atoms. The van der Waals surface area contributed by atoms with E-state index in [-0.39, 0.29) is 0 Å². The molecule has 0 spiro atoms. The molecule has 0 saturated carbocycles. The number of nitrogens with zero attached hydrogens (tertiary/aromatic N) is 1. The molecule has 0 aliphatic rings. The minimum Gasteiger partial charge on any atom is -0.263 e. The molecule has 0 atom stereocenters. The summed E-state index contributed by atoms with van der Waals surface area (Å²) in [6.45, 7) is 6.60. The van der Waals surface area contributed by atoms with Gasteiger partial charge in [-0.05, 0) is 6.07 Å². The van der Waals surface area contributed by atoms with Crippen LogP contribution in [-0.4, -0.2) is 13.1 Å². The average molecular weight is 210 g/mol. The average Bonchev–Trinajstić information content (AvgIpc) is 2.01. The van der Waals surface area contributed by atoms with E-state index in [0.717, 1.165) is 5.56 Å². The number of pyridine rings is 1. The fourth-order valence-electron chi connectivity index (χ4n) is 0.724. The summed E-state index contributed by atoms with van der Waals surface area (Å²) < 4.78 is 0. The van der Waals surface area contributed by atoms with Crippen LogP contribution in [-0.2, 0) is 0 Å². The zero-order chi connectivity index (χ0) is 9.90. The van der Waals surface area contributed by atoms with Crippen LogP contribution in [0.4, 0.5) is 0 Å². The van der Waals surface area contributed by atoms with Crippen LogP contribution in [0.1, 0.15) is 5.56 Å². The fourth-order valence-corrected chi connectivity index (χ4v) is 1.39. The predicted octanol–water partition coefficient (Wildman–Crippen LogP) is 2.96. The van der Waals surface area contributed by atoms with Gasteiger partial charge in [-0.2, -0.15) is 0 Å². The normalized spacial score (nSPS) is 10.5. The van der Waals surface area contributed by atoms with Crippen molar-refractivity contribution in [3.8, 4) is 11.5 Å². The van der Waals surface area contributed by atoms with Gasteiger partial charge in [0.15, 0.2) is 0 Å². The van der Waals surface area contributed by atoms with Gasteiger partial charge in [0.2, 0.25) is 0 Å². The fraction of sp³-hybridized carbons (Fsp3) is 0.300. The van der Waals surface area contributed by atoms with E-state index in [9.17, 15) is 0 Å². The highest BCUT2D eigenvalue weighted by Crippen LogP contribution is 2.12. The van der Waals surface area contributed by atoms with Crippen LogP contribution in [0.2, 0.25) is 24.7 Å². The van der Waals surface area contributed by atoms with Crippen molar-refractivity contribution in [2.75, 3.05) is 0 Å². The van der Waals surface area contributed by atoms with E-state index in [1.807, 2.05) is 0 Å². The van der Waals surface area contributed by atoms with Crippen LogP contribution in [0.3, 0.4) is 0 Å². The summed E-state index contributed by atoms with van der Waals surface area (Å²) in [4.78, 5) is 3.97. The lowest BCUT2D eigenvalue weighted by atomic mass is 10.3. The molecule has 68 valence electrons. The first-order chi connectivity index (χ1) is 5.99. The Morgan fingerprint density at radius 3 is 2.62 bits per heavy atom. The van der Waals surface area contributed by atoms with Crippen LogP contribution in [0, 0.1) is 11.5 Å². The summed E-state index contributed by atoms with van der Waals surface area (Å²) in [6, 6.07) is 1.76. The van der Waals surface area contributed by atoms with Crippen molar-refractivity contribution in [3.63, 3.8) is 0 Å². The van der Waals surface area contributed by atoms with Gasteiger partial charge < -0.3 is 0 Å². The number of aromatic nitrogens is 1. The minimum absolute atomic E-state index is 0.681. The van der Waals surface area contributed by atoms with E-state index in [0.29, 0.717) is 5.02 Å². The molecule has 3 heteroatoms. The maximum atomic E-state index is 5.93. The van der Waals surface area contributed by atoms with Crippen LogP contribution >= 0.6 is 11.6 Å². The van der Waals surface area contributed by atoms with E-state index in [1.165, 1.54) is 0 Å². The highest BCUT2D eigenvalue weighted by Gasteiger charge is 2.07. The molecule has 0 aliphatic carbocycles. The van der Waals surface area contributed by atoms with Crippen molar-refractivity contribution in [1.29, 1.82) is 0 Å². The molecule has 0 amide bonds. The van der Waals surface area contributed by atoms with E-state index in [1.54, 1.807) is 18.5 Å². The van der Waals surface area contributed by atoms with Gasteiger partial charge in [0, 0.05) is 12.4 Å².